The Bertz CT molecular complexity index is 810. The minimum absolute atomic E-state index is 0.172. The fraction of sp³-hybridized carbons (Fsp3) is 0.350. The van der Waals surface area contributed by atoms with Crippen LogP contribution in [0.2, 0.25) is 0 Å². The quantitative estimate of drug-likeness (QED) is 0.790. The first-order valence-corrected chi connectivity index (χ1v) is 9.52. The maximum Gasteiger partial charge on any atom is 0.114 e. The van der Waals surface area contributed by atoms with E-state index in [0.717, 1.165) is 42.0 Å². The predicted octanol–water partition coefficient (Wildman–Crippen LogP) is 3.27. The van der Waals surface area contributed by atoms with Gasteiger partial charge in [-0.1, -0.05) is 37.1 Å². The van der Waals surface area contributed by atoms with Gasteiger partial charge in [-0.2, -0.15) is 5.26 Å². The summed E-state index contributed by atoms with van der Waals surface area (Å²) in [5.74, 6) is -0.525. The molecule has 0 radical (unpaired) electrons. The lowest BCUT2D eigenvalue weighted by molar-refractivity contribution is -0.255. The fourth-order valence-corrected chi connectivity index (χ4v) is 3.98. The van der Waals surface area contributed by atoms with Crippen molar-refractivity contribution in [3.8, 4) is 6.07 Å². The molecule has 1 heterocycles. The second-order valence-corrected chi connectivity index (χ2v) is 7.21. The molecule has 1 aliphatic carbocycles. The third kappa shape index (κ3) is 4.40. The Morgan fingerprint density at radius 3 is 2.56 bits per heavy atom. The molecule has 0 atom stereocenters. The number of carbonyl (C=O) groups excluding carboxylic acids is 1. The van der Waals surface area contributed by atoms with E-state index in [9.17, 15) is 15.2 Å². The molecule has 0 aliphatic heterocycles. The van der Waals surface area contributed by atoms with Gasteiger partial charge < -0.3 is 9.90 Å². The van der Waals surface area contributed by atoms with E-state index >= 15 is 0 Å². The van der Waals surface area contributed by atoms with Crippen molar-refractivity contribution in [3.63, 3.8) is 0 Å². The molecule has 0 amide bonds. The smallest absolute Gasteiger partial charge is 0.114 e. The highest BCUT2D eigenvalue weighted by atomic mass is 32.2. The summed E-state index contributed by atoms with van der Waals surface area (Å²) in [7, 11) is 0. The van der Waals surface area contributed by atoms with Crippen LogP contribution in [-0.4, -0.2) is 11.0 Å². The topological polar surface area (TPSA) is 76.8 Å². The lowest BCUT2D eigenvalue weighted by atomic mass is 9.96. The predicted molar refractivity (Wildman–Crippen MR) is 95.2 cm³/mol. The zero-order chi connectivity index (χ0) is 17.6. The molecule has 0 fully saturated rings. The van der Waals surface area contributed by atoms with Crippen molar-refractivity contribution < 1.29 is 9.90 Å². The van der Waals surface area contributed by atoms with Crippen LogP contribution in [0.4, 0.5) is 0 Å². The first-order valence-electron chi connectivity index (χ1n) is 8.53. The molecule has 128 valence electrons. The number of carbonyl (C=O) groups is 1. The van der Waals surface area contributed by atoms with E-state index in [-0.39, 0.29) is 5.56 Å². The number of carboxylic acids is 1. The number of hydrogen-bond donors (Lipinski definition) is 0. The maximum atomic E-state index is 10.8. The molecule has 0 N–H and O–H groups in total. The van der Waals surface area contributed by atoms with Gasteiger partial charge in [0.2, 0.25) is 0 Å². The second-order valence-electron chi connectivity index (χ2n) is 6.25. The van der Waals surface area contributed by atoms with Gasteiger partial charge in [0, 0.05) is 11.4 Å². The summed E-state index contributed by atoms with van der Waals surface area (Å²) in [5, 5.41) is 21.0. The van der Waals surface area contributed by atoms with Gasteiger partial charge >= 0.3 is 0 Å². The fourth-order valence-electron chi connectivity index (χ4n) is 3.05. The summed E-state index contributed by atoms with van der Waals surface area (Å²) < 4.78 is 0. The number of rotatable bonds is 4. The molecule has 0 spiro atoms. The molecule has 3 rings (SSSR count). The van der Waals surface area contributed by atoms with Crippen molar-refractivity contribution in [2.75, 3.05) is 0 Å². The molecule has 1 aliphatic rings. The lowest BCUT2D eigenvalue weighted by Gasteiger charge is -2.15. The number of nitriles is 1. The van der Waals surface area contributed by atoms with Crippen LogP contribution in [0.3, 0.4) is 0 Å². The van der Waals surface area contributed by atoms with Gasteiger partial charge in [-0.3, -0.25) is 0 Å². The average molecular weight is 351 g/mol. The van der Waals surface area contributed by atoms with Crippen molar-refractivity contribution >= 4 is 17.7 Å². The number of benzene rings is 1. The molecule has 1 aromatic carbocycles. The number of thioether (sulfide) groups is 1. The van der Waals surface area contributed by atoms with E-state index in [1.54, 1.807) is 24.3 Å². The van der Waals surface area contributed by atoms with Crippen molar-refractivity contribution in [1.82, 2.24) is 4.98 Å². The number of hydrogen-bond acceptors (Lipinski definition) is 5. The molecular weight excluding hydrogens is 332 g/mol. The molecule has 0 saturated heterocycles. The first kappa shape index (κ1) is 17.5. The molecule has 0 unspecified atom stereocenters. The van der Waals surface area contributed by atoms with Gasteiger partial charge in [0.15, 0.2) is 0 Å². The van der Waals surface area contributed by atoms with E-state index < -0.39 is 5.97 Å². The van der Waals surface area contributed by atoms with Crippen LogP contribution in [0.1, 0.15) is 58.4 Å². The number of aryl methyl sites for hydroxylation is 2. The highest BCUT2D eigenvalue weighted by molar-refractivity contribution is 7.98. The minimum atomic E-state index is -1.17. The Hall–Kier alpha value is -2.32. The van der Waals surface area contributed by atoms with Crippen molar-refractivity contribution in [1.29, 1.82) is 5.26 Å². The molecule has 0 bridgehead atoms. The maximum absolute atomic E-state index is 10.8. The zero-order valence-electron chi connectivity index (χ0n) is 14.0. The number of fused-ring (bicyclic) bond motifs is 1. The van der Waals surface area contributed by atoms with Gasteiger partial charge in [0.1, 0.15) is 11.1 Å². The van der Waals surface area contributed by atoms with Gasteiger partial charge in [-0.15, -0.1) is 11.8 Å². The summed E-state index contributed by atoms with van der Waals surface area (Å²) in [5.41, 5.74) is 4.15. The molecule has 1 aromatic heterocycles. The number of aromatic nitrogens is 1. The molecule has 4 nitrogen and oxygen atoms in total. The summed E-state index contributed by atoms with van der Waals surface area (Å²) >= 11 is 1.53. The van der Waals surface area contributed by atoms with Crippen LogP contribution >= 0.6 is 11.8 Å². The molecular formula is C20H19N2O2S-. The van der Waals surface area contributed by atoms with Crippen molar-refractivity contribution in [3.05, 3.63) is 58.3 Å². The largest absolute Gasteiger partial charge is 0.545 e. The van der Waals surface area contributed by atoms with Crippen LogP contribution < -0.4 is 5.11 Å². The molecule has 25 heavy (non-hydrogen) atoms. The molecule has 2 aromatic rings. The average Bonchev–Trinajstić information content (AvgIpc) is 2.61. The van der Waals surface area contributed by atoms with Crippen LogP contribution in [0, 0.1) is 11.3 Å². The highest BCUT2D eigenvalue weighted by Crippen LogP contribution is 2.28. The summed E-state index contributed by atoms with van der Waals surface area (Å²) in [6, 6.07) is 10.9. The van der Waals surface area contributed by atoms with Gasteiger partial charge in [0.05, 0.1) is 11.5 Å². The standard InChI is InChI=1S/C20H20N2O2S/c21-12-17-11-16-5-3-1-2-4-6-18(16)22-19(17)25-13-14-7-9-15(10-8-14)20(23)24/h7-11H,1-6,13H2,(H,23,24)/p-1. The van der Waals surface area contributed by atoms with E-state index in [1.165, 1.54) is 30.2 Å². The SMILES string of the molecule is N#Cc1cc2c(nc1SCc1ccc(C(=O)[O-])cc1)CCCCCC2. The van der Waals surface area contributed by atoms with Crippen LogP contribution in [0.15, 0.2) is 35.4 Å². The third-order valence-electron chi connectivity index (χ3n) is 4.45. The number of pyridine rings is 1. The number of carboxylic acid groups (broad SMARTS) is 1. The van der Waals surface area contributed by atoms with E-state index in [0.29, 0.717) is 11.3 Å². The number of aromatic carboxylic acids is 1. The monoisotopic (exact) mass is 351 g/mol. The van der Waals surface area contributed by atoms with Gasteiger partial charge in [0.25, 0.3) is 0 Å². The Balaban J connectivity index is 1.78. The molecule has 5 heteroatoms. The van der Waals surface area contributed by atoms with Gasteiger partial charge in [-0.05, 0) is 48.4 Å². The molecule has 0 saturated carbocycles. The van der Waals surface area contributed by atoms with Crippen LogP contribution in [0.25, 0.3) is 0 Å². The van der Waals surface area contributed by atoms with E-state index in [4.69, 9.17) is 4.98 Å². The second kappa shape index (κ2) is 8.17. The van der Waals surface area contributed by atoms with Crippen molar-refractivity contribution in [2.24, 2.45) is 0 Å². The third-order valence-corrected chi connectivity index (χ3v) is 5.51. The van der Waals surface area contributed by atoms with E-state index in [1.807, 2.05) is 6.07 Å². The Kier molecular flexibility index (Phi) is 5.72. The normalized spacial score (nSPS) is 14.0. The lowest BCUT2D eigenvalue weighted by Crippen LogP contribution is -2.21. The number of nitrogens with zero attached hydrogens (tertiary/aromatic N) is 2. The Morgan fingerprint density at radius 1 is 1.16 bits per heavy atom. The van der Waals surface area contributed by atoms with Gasteiger partial charge in [-0.25, -0.2) is 4.98 Å². The van der Waals surface area contributed by atoms with Crippen LogP contribution in [0.5, 0.6) is 0 Å². The first-order chi connectivity index (χ1) is 12.2. The minimum Gasteiger partial charge on any atom is -0.545 e. The summed E-state index contributed by atoms with van der Waals surface area (Å²) in [6.45, 7) is 0. The highest BCUT2D eigenvalue weighted by Gasteiger charge is 2.14. The van der Waals surface area contributed by atoms with Crippen LogP contribution in [-0.2, 0) is 18.6 Å². The Labute approximate surface area is 151 Å². The van der Waals surface area contributed by atoms with Crippen molar-refractivity contribution in [2.45, 2.75) is 49.3 Å². The summed E-state index contributed by atoms with van der Waals surface area (Å²) in [6.07, 6.45) is 6.80. The van der Waals surface area contributed by atoms with E-state index in [2.05, 4.69) is 6.07 Å². The summed E-state index contributed by atoms with van der Waals surface area (Å²) in [4.78, 5) is 15.6. The Morgan fingerprint density at radius 2 is 1.88 bits per heavy atom. The zero-order valence-corrected chi connectivity index (χ0v) is 14.8.